The average Bonchev–Trinajstić information content (AvgIpc) is 2.67. The minimum Gasteiger partial charge on any atom is -0.354 e. The van der Waals surface area contributed by atoms with Crippen LogP contribution in [0, 0.1) is 20.8 Å². The maximum atomic E-state index is 12.7. The number of nitrogens with zero attached hydrogens (tertiary/aromatic N) is 3. The second-order valence-electron chi connectivity index (χ2n) is 7.86. The van der Waals surface area contributed by atoms with Crippen LogP contribution in [0.1, 0.15) is 22.3 Å². The number of benzene rings is 1. The van der Waals surface area contributed by atoms with E-state index < -0.39 is 21.8 Å². The molecule has 0 bridgehead atoms. The Hall–Kier alpha value is -2.17. The van der Waals surface area contributed by atoms with Crippen LogP contribution in [-0.4, -0.2) is 57.6 Å². The van der Waals surface area contributed by atoms with Crippen molar-refractivity contribution in [1.29, 1.82) is 0 Å². The van der Waals surface area contributed by atoms with Gasteiger partial charge in [-0.1, -0.05) is 17.7 Å². The van der Waals surface area contributed by atoms with E-state index in [0.717, 1.165) is 29.0 Å². The van der Waals surface area contributed by atoms with Crippen LogP contribution in [0.4, 0.5) is 19.0 Å². The molecule has 170 valence electrons. The van der Waals surface area contributed by atoms with E-state index in [2.05, 4.69) is 14.6 Å². The SMILES string of the molecule is Cc1cc(C)c(S(=O)(=O)NCCN2CCN(c3ccc(C(F)(F)F)cn3)CC2)c(C)c1. The van der Waals surface area contributed by atoms with Crippen LogP contribution in [-0.2, 0) is 16.2 Å². The number of sulfonamides is 1. The number of aryl methyl sites for hydroxylation is 3. The van der Waals surface area contributed by atoms with E-state index >= 15 is 0 Å². The Labute approximate surface area is 181 Å². The predicted octanol–water partition coefficient (Wildman–Crippen LogP) is 3.13. The summed E-state index contributed by atoms with van der Waals surface area (Å²) in [5.74, 6) is 0.513. The highest BCUT2D eigenvalue weighted by Gasteiger charge is 2.31. The topological polar surface area (TPSA) is 65.5 Å². The van der Waals surface area contributed by atoms with E-state index in [1.165, 1.54) is 6.07 Å². The second kappa shape index (κ2) is 9.13. The van der Waals surface area contributed by atoms with Gasteiger partial charge in [-0.15, -0.1) is 0 Å². The lowest BCUT2D eigenvalue weighted by Gasteiger charge is -2.35. The van der Waals surface area contributed by atoms with E-state index in [4.69, 9.17) is 0 Å². The molecule has 1 aliphatic heterocycles. The van der Waals surface area contributed by atoms with Gasteiger partial charge in [-0.2, -0.15) is 13.2 Å². The molecule has 1 fully saturated rings. The van der Waals surface area contributed by atoms with Crippen molar-refractivity contribution in [3.63, 3.8) is 0 Å². The van der Waals surface area contributed by atoms with Crippen LogP contribution >= 0.6 is 0 Å². The van der Waals surface area contributed by atoms with Crippen molar-refractivity contribution in [3.8, 4) is 0 Å². The molecule has 0 atom stereocenters. The zero-order chi connectivity index (χ0) is 22.8. The Morgan fingerprint density at radius 3 is 2.16 bits per heavy atom. The van der Waals surface area contributed by atoms with Gasteiger partial charge < -0.3 is 4.90 Å². The molecular weight excluding hydrogens is 429 g/mol. The van der Waals surface area contributed by atoms with Crippen LogP contribution in [0.25, 0.3) is 0 Å². The van der Waals surface area contributed by atoms with E-state index in [1.54, 1.807) is 13.8 Å². The van der Waals surface area contributed by atoms with Gasteiger partial charge in [-0.3, -0.25) is 4.90 Å². The van der Waals surface area contributed by atoms with Gasteiger partial charge in [0, 0.05) is 45.5 Å². The summed E-state index contributed by atoms with van der Waals surface area (Å²) in [6.07, 6.45) is -3.54. The number of nitrogens with one attached hydrogen (secondary N) is 1. The third-order valence-electron chi connectivity index (χ3n) is 5.36. The highest BCUT2D eigenvalue weighted by Crippen LogP contribution is 2.29. The van der Waals surface area contributed by atoms with Gasteiger partial charge in [0.05, 0.1) is 10.5 Å². The first-order valence-corrected chi connectivity index (χ1v) is 11.5. The molecule has 3 rings (SSSR count). The highest BCUT2D eigenvalue weighted by molar-refractivity contribution is 7.89. The van der Waals surface area contributed by atoms with Crippen LogP contribution in [0.15, 0.2) is 35.4 Å². The minimum atomic E-state index is -4.40. The quantitative estimate of drug-likeness (QED) is 0.724. The summed E-state index contributed by atoms with van der Waals surface area (Å²) in [5, 5.41) is 0. The molecule has 0 spiro atoms. The third kappa shape index (κ3) is 5.75. The van der Waals surface area contributed by atoms with Gasteiger partial charge in [0.25, 0.3) is 0 Å². The number of pyridine rings is 1. The Morgan fingerprint density at radius 2 is 1.65 bits per heavy atom. The molecule has 1 aliphatic rings. The maximum Gasteiger partial charge on any atom is 0.417 e. The molecule has 1 aromatic carbocycles. The zero-order valence-electron chi connectivity index (χ0n) is 17.8. The second-order valence-corrected chi connectivity index (χ2v) is 9.56. The molecule has 6 nitrogen and oxygen atoms in total. The monoisotopic (exact) mass is 456 g/mol. The number of piperazine rings is 1. The Balaban J connectivity index is 1.51. The molecule has 10 heteroatoms. The normalized spacial score (nSPS) is 16.0. The molecule has 0 aliphatic carbocycles. The molecule has 1 N–H and O–H groups in total. The lowest BCUT2D eigenvalue weighted by molar-refractivity contribution is -0.137. The maximum absolute atomic E-state index is 12.7. The van der Waals surface area contributed by atoms with Crippen LogP contribution in [0.3, 0.4) is 0 Å². The standard InChI is InChI=1S/C21H27F3N4O2S/c1-15-12-16(2)20(17(3)13-15)31(29,30)26-6-7-27-8-10-28(11-9-27)19-5-4-18(14-25-19)21(22,23)24/h4-5,12-14,26H,6-11H2,1-3H3. The molecule has 2 aromatic rings. The number of hydrogen-bond donors (Lipinski definition) is 1. The van der Waals surface area contributed by atoms with Crippen molar-refractivity contribution >= 4 is 15.8 Å². The van der Waals surface area contributed by atoms with Crippen molar-refractivity contribution in [2.24, 2.45) is 0 Å². The van der Waals surface area contributed by atoms with Crippen LogP contribution in [0.5, 0.6) is 0 Å². The van der Waals surface area contributed by atoms with Crippen molar-refractivity contribution in [2.75, 3.05) is 44.2 Å². The first-order chi connectivity index (χ1) is 14.5. The number of halogens is 3. The van der Waals surface area contributed by atoms with Gasteiger partial charge in [0.15, 0.2) is 0 Å². The Kier molecular flexibility index (Phi) is 6.92. The summed E-state index contributed by atoms with van der Waals surface area (Å²) in [5.41, 5.74) is 1.71. The van der Waals surface area contributed by atoms with Crippen LogP contribution in [0.2, 0.25) is 0 Å². The van der Waals surface area contributed by atoms with E-state index in [-0.39, 0.29) is 6.54 Å². The lowest BCUT2D eigenvalue weighted by Crippen LogP contribution is -2.48. The molecule has 31 heavy (non-hydrogen) atoms. The first kappa shape index (κ1) is 23.5. The van der Waals surface area contributed by atoms with Gasteiger partial charge in [-0.25, -0.2) is 18.1 Å². The largest absolute Gasteiger partial charge is 0.417 e. The summed E-state index contributed by atoms with van der Waals surface area (Å²) in [6.45, 7) is 8.93. The van der Waals surface area contributed by atoms with E-state index in [0.29, 0.717) is 43.4 Å². The van der Waals surface area contributed by atoms with Crippen molar-refractivity contribution in [1.82, 2.24) is 14.6 Å². The van der Waals surface area contributed by atoms with E-state index in [9.17, 15) is 21.6 Å². The summed E-state index contributed by atoms with van der Waals surface area (Å²) in [7, 11) is -3.60. The summed E-state index contributed by atoms with van der Waals surface area (Å²) in [6, 6.07) is 6.14. The average molecular weight is 457 g/mol. The number of rotatable bonds is 6. The smallest absolute Gasteiger partial charge is 0.354 e. The highest BCUT2D eigenvalue weighted by atomic mass is 32.2. The third-order valence-corrected chi connectivity index (χ3v) is 7.13. The molecule has 0 radical (unpaired) electrons. The van der Waals surface area contributed by atoms with Gasteiger partial charge in [0.1, 0.15) is 5.82 Å². The molecule has 0 amide bonds. The summed E-state index contributed by atoms with van der Waals surface area (Å²) < 4.78 is 66.2. The van der Waals surface area contributed by atoms with Gasteiger partial charge in [0.2, 0.25) is 10.0 Å². The van der Waals surface area contributed by atoms with Crippen LogP contribution < -0.4 is 9.62 Å². The zero-order valence-corrected chi connectivity index (χ0v) is 18.6. The van der Waals surface area contributed by atoms with Gasteiger partial charge in [-0.05, 0) is 44.0 Å². The Bertz CT molecular complexity index is 993. The molecular formula is C21H27F3N4O2S. The molecule has 0 unspecified atom stereocenters. The number of anilines is 1. The number of alkyl halides is 3. The summed E-state index contributed by atoms with van der Waals surface area (Å²) in [4.78, 5) is 8.32. The fraction of sp³-hybridized carbons (Fsp3) is 0.476. The van der Waals surface area contributed by atoms with Gasteiger partial charge >= 0.3 is 6.18 Å². The van der Waals surface area contributed by atoms with E-state index in [1.807, 2.05) is 24.0 Å². The fourth-order valence-electron chi connectivity index (χ4n) is 3.94. The Morgan fingerprint density at radius 1 is 1.03 bits per heavy atom. The molecule has 0 saturated carbocycles. The lowest BCUT2D eigenvalue weighted by atomic mass is 10.1. The summed E-state index contributed by atoms with van der Waals surface area (Å²) >= 11 is 0. The number of hydrogen-bond acceptors (Lipinski definition) is 5. The van der Waals surface area contributed by atoms with Crippen molar-refractivity contribution in [2.45, 2.75) is 31.8 Å². The van der Waals surface area contributed by atoms with Crippen molar-refractivity contribution in [3.05, 3.63) is 52.7 Å². The molecule has 1 saturated heterocycles. The number of aromatic nitrogens is 1. The first-order valence-electron chi connectivity index (χ1n) is 10.1. The predicted molar refractivity (Wildman–Crippen MR) is 114 cm³/mol. The fourth-order valence-corrected chi connectivity index (χ4v) is 5.41. The molecule has 1 aromatic heterocycles. The van der Waals surface area contributed by atoms with Crippen molar-refractivity contribution < 1.29 is 21.6 Å². The minimum absolute atomic E-state index is 0.285. The molecule has 2 heterocycles.